The molecule has 62 valence electrons. The average Bonchev–Trinajstić information content (AvgIpc) is 1.87. The van der Waals surface area contributed by atoms with Gasteiger partial charge in [-0.15, -0.1) is 0 Å². The highest BCUT2D eigenvalue weighted by atomic mass is 16.5. The summed E-state index contributed by atoms with van der Waals surface area (Å²) in [5, 5.41) is 33.8. The van der Waals surface area contributed by atoms with Gasteiger partial charge in [0.1, 0.15) is 0 Å². The molecule has 0 aromatic carbocycles. The van der Waals surface area contributed by atoms with Gasteiger partial charge in [0, 0.05) is 13.1 Å². The molecular formula is C5H13NO4. The molecule has 5 nitrogen and oxygen atoms in total. The lowest BCUT2D eigenvalue weighted by Gasteiger charge is -2.21. The zero-order valence-corrected chi connectivity index (χ0v) is 5.64. The number of aliphatic hydroxyl groups excluding tert-OH is 3. The van der Waals surface area contributed by atoms with E-state index in [0.717, 1.165) is 4.90 Å². The molecule has 0 aliphatic carbocycles. The molecule has 0 rings (SSSR count). The Morgan fingerprint density at radius 2 is 1.40 bits per heavy atom. The van der Waals surface area contributed by atoms with Gasteiger partial charge in [0.25, 0.3) is 0 Å². The Hall–Kier alpha value is -0.200. The van der Waals surface area contributed by atoms with Crippen molar-refractivity contribution in [2.24, 2.45) is 0 Å². The maximum absolute atomic E-state index is 8.53. The van der Waals surface area contributed by atoms with Crippen molar-refractivity contribution in [3.05, 3.63) is 0 Å². The van der Waals surface area contributed by atoms with Crippen molar-refractivity contribution in [1.82, 2.24) is 4.90 Å². The first-order valence-electron chi connectivity index (χ1n) is 3.04. The number of nitrogens with zero attached hydrogens (tertiary/aromatic N) is 1. The van der Waals surface area contributed by atoms with Crippen molar-refractivity contribution in [1.29, 1.82) is 0 Å². The summed E-state index contributed by atoms with van der Waals surface area (Å²) in [4.78, 5) is 1.14. The van der Waals surface area contributed by atoms with Gasteiger partial charge in [0.2, 0.25) is 6.41 Å². The molecule has 0 amide bonds. The maximum Gasteiger partial charge on any atom is 0.213 e. The van der Waals surface area contributed by atoms with E-state index in [9.17, 15) is 0 Å². The van der Waals surface area contributed by atoms with Crippen LogP contribution in [0.2, 0.25) is 0 Å². The Kier molecular flexibility index (Phi) is 5.46. The summed E-state index contributed by atoms with van der Waals surface area (Å²) in [6.45, 7) is -0.00824. The highest BCUT2D eigenvalue weighted by Gasteiger charge is 2.09. The number of aliphatic hydroxyl groups is 4. The molecule has 0 aromatic heterocycles. The molecule has 0 fully saturated rings. The molecule has 5 heteroatoms. The summed E-state index contributed by atoms with van der Waals surface area (Å²) in [7, 11) is 0. The predicted molar refractivity (Wildman–Crippen MR) is 34.0 cm³/mol. The molecule has 0 aliphatic heterocycles. The quantitative estimate of drug-likeness (QED) is 0.328. The second-order valence-electron chi connectivity index (χ2n) is 1.83. The monoisotopic (exact) mass is 151 g/mol. The molecule has 0 radical (unpaired) electrons. The zero-order chi connectivity index (χ0) is 7.98. The third-order valence-corrected chi connectivity index (χ3v) is 1.10. The molecule has 0 saturated heterocycles. The zero-order valence-electron chi connectivity index (χ0n) is 5.64. The van der Waals surface area contributed by atoms with Gasteiger partial charge in [0.15, 0.2) is 0 Å². The molecule has 0 heterocycles. The van der Waals surface area contributed by atoms with Gasteiger partial charge in [-0.2, -0.15) is 0 Å². The third-order valence-electron chi connectivity index (χ3n) is 1.10. The highest BCUT2D eigenvalue weighted by Crippen LogP contribution is 1.89. The Morgan fingerprint density at radius 3 is 1.60 bits per heavy atom. The molecule has 0 aromatic rings. The topological polar surface area (TPSA) is 84.2 Å². The highest BCUT2D eigenvalue weighted by molar-refractivity contribution is 4.51. The van der Waals surface area contributed by atoms with Gasteiger partial charge in [-0.05, 0) is 0 Å². The Labute approximate surface area is 59.1 Å². The molecule has 0 saturated carbocycles. The van der Waals surface area contributed by atoms with Crippen LogP contribution in [0, 0.1) is 0 Å². The fourth-order valence-electron chi connectivity index (χ4n) is 0.600. The van der Waals surface area contributed by atoms with Crippen LogP contribution in [0.15, 0.2) is 0 Å². The van der Waals surface area contributed by atoms with E-state index in [1.54, 1.807) is 0 Å². The lowest BCUT2D eigenvalue weighted by molar-refractivity contribution is -0.160. The molecule has 0 bridgehead atoms. The fourth-order valence-corrected chi connectivity index (χ4v) is 0.600. The van der Waals surface area contributed by atoms with Crippen LogP contribution in [0.5, 0.6) is 0 Å². The van der Waals surface area contributed by atoms with Crippen molar-refractivity contribution in [3.63, 3.8) is 0 Å². The lowest BCUT2D eigenvalue weighted by atomic mass is 10.5. The van der Waals surface area contributed by atoms with E-state index in [1.165, 1.54) is 0 Å². The SMILES string of the molecule is OCCN(CCO)C(O)O. The summed E-state index contributed by atoms with van der Waals surface area (Å²) in [6, 6.07) is 0. The first-order chi connectivity index (χ1) is 4.72. The largest absolute Gasteiger partial charge is 0.395 e. The third kappa shape index (κ3) is 3.76. The number of hydrogen-bond donors (Lipinski definition) is 4. The van der Waals surface area contributed by atoms with Gasteiger partial charge in [0.05, 0.1) is 13.2 Å². The first-order valence-corrected chi connectivity index (χ1v) is 3.04. The van der Waals surface area contributed by atoms with Gasteiger partial charge >= 0.3 is 0 Å². The Morgan fingerprint density at radius 1 is 1.00 bits per heavy atom. The molecule has 4 N–H and O–H groups in total. The summed E-state index contributed by atoms with van der Waals surface area (Å²) < 4.78 is 0. The van der Waals surface area contributed by atoms with E-state index in [1.807, 2.05) is 0 Å². The normalized spacial score (nSPS) is 11.4. The van der Waals surface area contributed by atoms with Crippen LogP contribution >= 0.6 is 0 Å². The summed E-state index contributed by atoms with van der Waals surface area (Å²) in [5.74, 6) is 0. The van der Waals surface area contributed by atoms with E-state index in [-0.39, 0.29) is 26.3 Å². The van der Waals surface area contributed by atoms with Crippen LogP contribution in [0.1, 0.15) is 0 Å². The van der Waals surface area contributed by atoms with E-state index in [4.69, 9.17) is 20.4 Å². The van der Waals surface area contributed by atoms with Crippen molar-refractivity contribution < 1.29 is 20.4 Å². The van der Waals surface area contributed by atoms with Crippen LogP contribution in [0.25, 0.3) is 0 Å². The van der Waals surface area contributed by atoms with Crippen LogP contribution in [0.4, 0.5) is 0 Å². The van der Waals surface area contributed by atoms with Crippen LogP contribution in [0.3, 0.4) is 0 Å². The first kappa shape index (κ1) is 9.80. The standard InChI is InChI=1S/C5H13NO4/c7-3-1-6(2-4-8)5(9)10/h5,7-10H,1-4H2. The number of rotatable bonds is 5. The fraction of sp³-hybridized carbons (Fsp3) is 1.00. The van der Waals surface area contributed by atoms with Crippen molar-refractivity contribution >= 4 is 0 Å². The minimum absolute atomic E-state index is 0.151. The minimum Gasteiger partial charge on any atom is -0.395 e. The van der Waals surface area contributed by atoms with Gasteiger partial charge in [-0.25, -0.2) is 0 Å². The summed E-state index contributed by atoms with van der Waals surface area (Å²) >= 11 is 0. The molecular weight excluding hydrogens is 138 g/mol. The Balaban J connectivity index is 3.50. The van der Waals surface area contributed by atoms with E-state index in [0.29, 0.717) is 0 Å². The Bertz CT molecular complexity index is 72.0. The van der Waals surface area contributed by atoms with Crippen molar-refractivity contribution in [2.45, 2.75) is 6.41 Å². The minimum atomic E-state index is -1.60. The van der Waals surface area contributed by atoms with Gasteiger partial charge in [-0.1, -0.05) is 0 Å². The molecule has 0 aliphatic rings. The second kappa shape index (κ2) is 5.57. The van der Waals surface area contributed by atoms with Gasteiger partial charge in [-0.3, -0.25) is 4.90 Å². The lowest BCUT2D eigenvalue weighted by Crippen LogP contribution is -2.39. The van der Waals surface area contributed by atoms with Crippen LogP contribution in [-0.2, 0) is 0 Å². The summed E-state index contributed by atoms with van der Waals surface area (Å²) in [6.07, 6.45) is -1.60. The van der Waals surface area contributed by atoms with Gasteiger partial charge < -0.3 is 20.4 Å². The van der Waals surface area contributed by atoms with E-state index < -0.39 is 6.41 Å². The van der Waals surface area contributed by atoms with Crippen LogP contribution in [-0.4, -0.2) is 58.0 Å². The van der Waals surface area contributed by atoms with E-state index in [2.05, 4.69) is 0 Å². The average molecular weight is 151 g/mol. The van der Waals surface area contributed by atoms with E-state index >= 15 is 0 Å². The smallest absolute Gasteiger partial charge is 0.213 e. The van der Waals surface area contributed by atoms with Crippen molar-refractivity contribution in [3.8, 4) is 0 Å². The molecule has 10 heavy (non-hydrogen) atoms. The maximum atomic E-state index is 8.53. The molecule has 0 unspecified atom stereocenters. The predicted octanol–water partition coefficient (Wildman–Crippen LogP) is -2.46. The molecule has 0 spiro atoms. The second-order valence-corrected chi connectivity index (χ2v) is 1.83. The van der Waals surface area contributed by atoms with Crippen LogP contribution < -0.4 is 0 Å². The van der Waals surface area contributed by atoms with Crippen molar-refractivity contribution in [2.75, 3.05) is 26.3 Å². The molecule has 0 atom stereocenters. The number of hydrogen-bond acceptors (Lipinski definition) is 5. The summed E-state index contributed by atoms with van der Waals surface area (Å²) in [5.41, 5.74) is 0.